The summed E-state index contributed by atoms with van der Waals surface area (Å²) in [5, 5.41) is 11.7. The second-order valence-electron chi connectivity index (χ2n) is 5.48. The van der Waals surface area contributed by atoms with E-state index in [1.807, 2.05) is 0 Å². The van der Waals surface area contributed by atoms with Crippen LogP contribution in [0.5, 0.6) is 5.75 Å². The highest BCUT2D eigenvalue weighted by Gasteiger charge is 2.26. The summed E-state index contributed by atoms with van der Waals surface area (Å²) >= 11 is 0. The highest BCUT2D eigenvalue weighted by Crippen LogP contribution is 2.24. The second kappa shape index (κ2) is 5.72. The lowest BCUT2D eigenvalue weighted by molar-refractivity contribution is 0.0689. The van der Waals surface area contributed by atoms with Crippen LogP contribution in [0, 0.1) is 0 Å². The van der Waals surface area contributed by atoms with Gasteiger partial charge in [-0.25, -0.2) is 4.79 Å². The van der Waals surface area contributed by atoms with Gasteiger partial charge in [-0.05, 0) is 32.9 Å². The zero-order valence-corrected chi connectivity index (χ0v) is 12.9. The van der Waals surface area contributed by atoms with Crippen LogP contribution in [0.3, 0.4) is 0 Å². The minimum atomic E-state index is -3.89. The molecule has 116 valence electrons. The van der Waals surface area contributed by atoms with E-state index in [9.17, 15) is 18.0 Å². The molecule has 8 heteroatoms. The lowest BCUT2D eigenvalue weighted by Gasteiger charge is -2.22. The fraction of sp³-hybridized carbons (Fsp3) is 0.385. The van der Waals surface area contributed by atoms with Crippen molar-refractivity contribution in [2.75, 3.05) is 6.26 Å². The first-order valence-electron chi connectivity index (χ1n) is 5.99. The molecule has 0 bridgehead atoms. The number of rotatable bonds is 4. The quantitative estimate of drug-likeness (QED) is 0.809. The van der Waals surface area contributed by atoms with Gasteiger partial charge in [0.05, 0.1) is 17.4 Å². The molecular formula is C13H17NO6S. The fourth-order valence-corrected chi connectivity index (χ4v) is 2.04. The van der Waals surface area contributed by atoms with E-state index in [1.165, 1.54) is 18.2 Å². The third-order valence-corrected chi connectivity index (χ3v) is 2.70. The van der Waals surface area contributed by atoms with Crippen molar-refractivity contribution in [1.82, 2.24) is 5.32 Å². The molecule has 1 aromatic carbocycles. The Balaban J connectivity index is 3.43. The van der Waals surface area contributed by atoms with Crippen LogP contribution in [0.1, 0.15) is 41.5 Å². The number of carbonyl (C=O) groups excluding carboxylic acids is 1. The highest BCUT2D eigenvalue weighted by molar-refractivity contribution is 7.86. The van der Waals surface area contributed by atoms with E-state index in [2.05, 4.69) is 5.32 Å². The summed E-state index contributed by atoms with van der Waals surface area (Å²) in [6.07, 6.45) is 0.811. The smallest absolute Gasteiger partial charge is 0.336 e. The normalized spacial score (nSPS) is 11.8. The summed E-state index contributed by atoms with van der Waals surface area (Å²) in [4.78, 5) is 23.5. The van der Waals surface area contributed by atoms with Crippen LogP contribution in [0.15, 0.2) is 18.2 Å². The van der Waals surface area contributed by atoms with Crippen LogP contribution in [0.2, 0.25) is 0 Å². The van der Waals surface area contributed by atoms with Gasteiger partial charge < -0.3 is 14.6 Å². The molecule has 0 aliphatic heterocycles. The molecular weight excluding hydrogens is 298 g/mol. The topological polar surface area (TPSA) is 110 Å². The van der Waals surface area contributed by atoms with Crippen molar-refractivity contribution in [3.63, 3.8) is 0 Å². The molecule has 0 unspecified atom stereocenters. The lowest BCUT2D eigenvalue weighted by Crippen LogP contribution is -2.41. The van der Waals surface area contributed by atoms with Crippen molar-refractivity contribution in [3.8, 4) is 5.75 Å². The van der Waals surface area contributed by atoms with Crippen LogP contribution in [-0.4, -0.2) is 37.2 Å². The van der Waals surface area contributed by atoms with Gasteiger partial charge in [-0.1, -0.05) is 6.07 Å². The lowest BCUT2D eigenvalue weighted by atomic mass is 10.0. The predicted molar refractivity (Wildman–Crippen MR) is 76.1 cm³/mol. The monoisotopic (exact) mass is 315 g/mol. The molecule has 0 fully saturated rings. The van der Waals surface area contributed by atoms with Gasteiger partial charge in [-0.15, -0.1) is 0 Å². The van der Waals surface area contributed by atoms with Crippen molar-refractivity contribution < 1.29 is 27.3 Å². The second-order valence-corrected chi connectivity index (χ2v) is 7.05. The Labute approximate surface area is 123 Å². The maximum absolute atomic E-state index is 12.2. The Kier molecular flexibility index (Phi) is 4.62. The van der Waals surface area contributed by atoms with Gasteiger partial charge >= 0.3 is 16.1 Å². The Morgan fingerprint density at radius 1 is 1.24 bits per heavy atom. The molecule has 0 spiro atoms. The molecule has 0 aromatic heterocycles. The van der Waals surface area contributed by atoms with Gasteiger partial charge in [-0.3, -0.25) is 4.79 Å². The maximum atomic E-state index is 12.2. The molecule has 1 rings (SSSR count). The minimum Gasteiger partial charge on any atom is -0.478 e. The van der Waals surface area contributed by atoms with Gasteiger partial charge in [0.2, 0.25) is 0 Å². The van der Waals surface area contributed by atoms with Gasteiger partial charge in [-0.2, -0.15) is 8.42 Å². The zero-order chi connectivity index (χ0) is 16.4. The zero-order valence-electron chi connectivity index (χ0n) is 12.1. The fourth-order valence-electron chi connectivity index (χ4n) is 1.58. The average molecular weight is 315 g/mol. The Morgan fingerprint density at radius 3 is 2.24 bits per heavy atom. The first-order valence-corrected chi connectivity index (χ1v) is 7.80. The number of aromatic carboxylic acids is 1. The molecule has 21 heavy (non-hydrogen) atoms. The van der Waals surface area contributed by atoms with Gasteiger partial charge in [0.25, 0.3) is 5.91 Å². The first kappa shape index (κ1) is 17.0. The summed E-state index contributed by atoms with van der Waals surface area (Å²) < 4.78 is 27.2. The molecule has 0 radical (unpaired) electrons. The molecule has 0 heterocycles. The van der Waals surface area contributed by atoms with E-state index >= 15 is 0 Å². The number of carbonyl (C=O) groups is 2. The number of amides is 1. The summed E-state index contributed by atoms with van der Waals surface area (Å²) in [7, 11) is -3.89. The Bertz CT molecular complexity index is 672. The van der Waals surface area contributed by atoms with E-state index in [0.29, 0.717) is 0 Å². The predicted octanol–water partition coefficient (Wildman–Crippen LogP) is 1.25. The van der Waals surface area contributed by atoms with E-state index in [0.717, 1.165) is 6.26 Å². The van der Waals surface area contributed by atoms with Crippen molar-refractivity contribution in [1.29, 1.82) is 0 Å². The van der Waals surface area contributed by atoms with Crippen LogP contribution < -0.4 is 9.50 Å². The summed E-state index contributed by atoms with van der Waals surface area (Å²) in [6.45, 7) is 5.14. The number of benzene rings is 1. The van der Waals surface area contributed by atoms with Crippen molar-refractivity contribution in [2.45, 2.75) is 26.3 Å². The molecule has 0 aliphatic rings. The number of hydrogen-bond acceptors (Lipinski definition) is 5. The SMILES string of the molecule is CC(C)(C)NC(=O)c1c(OS(C)(=O)=O)cccc1C(=O)O. The largest absolute Gasteiger partial charge is 0.478 e. The van der Waals surface area contributed by atoms with E-state index in [4.69, 9.17) is 9.29 Å². The van der Waals surface area contributed by atoms with E-state index < -0.39 is 27.5 Å². The summed E-state index contributed by atoms with van der Waals surface area (Å²) in [5.74, 6) is -2.40. The van der Waals surface area contributed by atoms with Crippen LogP contribution in [-0.2, 0) is 10.1 Å². The summed E-state index contributed by atoms with van der Waals surface area (Å²) in [6, 6.07) is 3.73. The van der Waals surface area contributed by atoms with Crippen LogP contribution in [0.25, 0.3) is 0 Å². The Morgan fingerprint density at radius 2 is 1.81 bits per heavy atom. The van der Waals surface area contributed by atoms with Crippen LogP contribution >= 0.6 is 0 Å². The molecule has 0 saturated heterocycles. The molecule has 0 atom stereocenters. The van der Waals surface area contributed by atoms with E-state index in [1.54, 1.807) is 20.8 Å². The first-order chi connectivity index (χ1) is 9.41. The molecule has 0 saturated carbocycles. The van der Waals surface area contributed by atoms with Crippen LogP contribution in [0.4, 0.5) is 0 Å². The average Bonchev–Trinajstić information content (AvgIpc) is 2.23. The molecule has 1 amide bonds. The van der Waals surface area contributed by atoms with Crippen molar-refractivity contribution in [2.24, 2.45) is 0 Å². The number of nitrogens with one attached hydrogen (secondary N) is 1. The summed E-state index contributed by atoms with van der Waals surface area (Å²) in [5.41, 5.74) is -1.28. The van der Waals surface area contributed by atoms with E-state index in [-0.39, 0.29) is 16.9 Å². The minimum absolute atomic E-state index is 0.320. The molecule has 7 nitrogen and oxygen atoms in total. The molecule has 2 N–H and O–H groups in total. The number of carboxylic acids is 1. The number of hydrogen-bond donors (Lipinski definition) is 2. The molecule has 1 aromatic rings. The third kappa shape index (κ3) is 5.07. The maximum Gasteiger partial charge on any atom is 0.336 e. The van der Waals surface area contributed by atoms with Crippen molar-refractivity contribution in [3.05, 3.63) is 29.3 Å². The third-order valence-electron chi connectivity index (χ3n) is 2.21. The van der Waals surface area contributed by atoms with Gasteiger partial charge in [0.1, 0.15) is 0 Å². The van der Waals surface area contributed by atoms with Gasteiger partial charge in [0.15, 0.2) is 5.75 Å². The van der Waals surface area contributed by atoms with Crippen molar-refractivity contribution >= 4 is 22.0 Å². The molecule has 0 aliphatic carbocycles. The standard InChI is InChI=1S/C13H17NO6S/c1-13(2,3)14-11(15)10-8(12(16)17)6-5-7-9(10)20-21(4,18)19/h5-7H,1-4H3,(H,14,15)(H,16,17). The highest BCUT2D eigenvalue weighted by atomic mass is 32.2. The van der Waals surface area contributed by atoms with Gasteiger partial charge in [0, 0.05) is 5.54 Å². The number of carboxylic acid groups (broad SMARTS) is 1. The Hall–Kier alpha value is -2.09.